The van der Waals surface area contributed by atoms with Crippen LogP contribution in [-0.4, -0.2) is 11.5 Å². The van der Waals surface area contributed by atoms with Crippen molar-refractivity contribution in [3.8, 4) is 6.07 Å². The highest BCUT2D eigenvalue weighted by Gasteiger charge is 2.21. The van der Waals surface area contributed by atoms with Gasteiger partial charge in [0.1, 0.15) is 11.8 Å². The fraction of sp³-hybridized carbons (Fsp3) is 0. The molecule has 21 heavy (non-hydrogen) atoms. The summed E-state index contributed by atoms with van der Waals surface area (Å²) in [6.45, 7) is 0. The third-order valence-corrected chi connectivity index (χ3v) is 3.18. The zero-order chi connectivity index (χ0) is 14.7. The molecular weight excluding hydrogens is 262 g/mol. The Morgan fingerprint density at radius 3 is 2.52 bits per heavy atom. The lowest BCUT2D eigenvalue weighted by atomic mass is 10.00. The van der Waals surface area contributed by atoms with Crippen molar-refractivity contribution in [2.75, 3.05) is 5.43 Å². The molecule has 0 amide bonds. The molecule has 4 nitrogen and oxygen atoms in total. The van der Waals surface area contributed by atoms with Crippen LogP contribution in [0.4, 0.5) is 5.69 Å². The lowest BCUT2D eigenvalue weighted by molar-refractivity contribution is 0.106. The van der Waals surface area contributed by atoms with Gasteiger partial charge in [0.15, 0.2) is 0 Å². The Labute approximate surface area is 122 Å². The van der Waals surface area contributed by atoms with Gasteiger partial charge >= 0.3 is 0 Å². The minimum atomic E-state index is -0.274. The van der Waals surface area contributed by atoms with E-state index in [1.807, 2.05) is 30.3 Å². The molecule has 0 unspecified atom stereocenters. The smallest absolute Gasteiger partial charge is 0.214 e. The third-order valence-electron chi connectivity index (χ3n) is 3.18. The van der Waals surface area contributed by atoms with E-state index in [-0.39, 0.29) is 17.1 Å². The summed E-state index contributed by atoms with van der Waals surface area (Å²) in [6.07, 6.45) is 1.68. The van der Waals surface area contributed by atoms with E-state index >= 15 is 0 Å². The fourth-order valence-corrected chi connectivity index (χ4v) is 2.11. The predicted molar refractivity (Wildman–Crippen MR) is 81.9 cm³/mol. The first-order chi connectivity index (χ1) is 10.3. The van der Waals surface area contributed by atoms with Crippen LogP contribution in [0, 0.1) is 11.3 Å². The van der Waals surface area contributed by atoms with Crippen molar-refractivity contribution in [3.63, 3.8) is 0 Å². The summed E-state index contributed by atoms with van der Waals surface area (Å²) in [5.74, 6) is -0.274. The molecule has 4 heteroatoms. The van der Waals surface area contributed by atoms with Crippen molar-refractivity contribution in [2.45, 2.75) is 0 Å². The van der Waals surface area contributed by atoms with Crippen molar-refractivity contribution < 1.29 is 4.79 Å². The number of nitrogens with zero attached hydrogens (tertiary/aromatic N) is 2. The maximum Gasteiger partial charge on any atom is 0.214 e. The molecule has 0 radical (unpaired) electrons. The number of rotatable bonds is 2. The first kappa shape index (κ1) is 12.8. The normalized spacial score (nSPS) is 12.9. The number of nitrogens with one attached hydrogen (secondary N) is 1. The molecule has 1 heterocycles. The van der Waals surface area contributed by atoms with E-state index in [4.69, 9.17) is 0 Å². The number of Topliss-reactive ketones (excluding diaryl/α,β-unsaturated/α-hetero) is 1. The van der Waals surface area contributed by atoms with Gasteiger partial charge in [-0.15, -0.1) is 0 Å². The van der Waals surface area contributed by atoms with Crippen LogP contribution in [0.3, 0.4) is 0 Å². The van der Waals surface area contributed by atoms with Gasteiger partial charge in [0, 0.05) is 11.1 Å². The number of para-hydroxylation sites is 1. The zero-order valence-corrected chi connectivity index (χ0v) is 11.1. The van der Waals surface area contributed by atoms with E-state index in [9.17, 15) is 10.1 Å². The third kappa shape index (κ3) is 2.45. The standard InChI is InChI=1S/C17H11N3O/c18-11-14-10-13-8-4-5-9-15(13)19-20-16(14)17(21)12-6-2-1-3-7-12/h1-10,19H. The molecule has 0 saturated carbocycles. The number of ketones is 1. The number of benzene rings is 2. The lowest BCUT2D eigenvalue weighted by Gasteiger charge is -2.03. The number of anilines is 1. The average molecular weight is 273 g/mol. The summed E-state index contributed by atoms with van der Waals surface area (Å²) in [6, 6.07) is 18.3. The summed E-state index contributed by atoms with van der Waals surface area (Å²) in [5, 5.41) is 13.4. The molecule has 0 aromatic heterocycles. The number of hydrazone groups is 1. The van der Waals surface area contributed by atoms with E-state index in [0.29, 0.717) is 5.56 Å². The first-order valence-electron chi connectivity index (χ1n) is 6.44. The highest BCUT2D eigenvalue weighted by Crippen LogP contribution is 2.22. The van der Waals surface area contributed by atoms with Crippen molar-refractivity contribution in [1.29, 1.82) is 5.26 Å². The number of fused-ring (bicyclic) bond motifs is 1. The van der Waals surface area contributed by atoms with Gasteiger partial charge in [0.2, 0.25) is 5.78 Å². The average Bonchev–Trinajstić information content (AvgIpc) is 2.74. The number of allylic oxidation sites excluding steroid dienone is 1. The second-order valence-electron chi connectivity index (χ2n) is 4.52. The number of nitriles is 1. The van der Waals surface area contributed by atoms with Gasteiger partial charge in [-0.2, -0.15) is 10.4 Å². The highest BCUT2D eigenvalue weighted by atomic mass is 16.1. The minimum absolute atomic E-state index is 0.125. The summed E-state index contributed by atoms with van der Waals surface area (Å²) in [7, 11) is 0. The maximum absolute atomic E-state index is 12.5. The molecule has 3 rings (SSSR count). The highest BCUT2D eigenvalue weighted by molar-refractivity contribution is 6.53. The van der Waals surface area contributed by atoms with E-state index < -0.39 is 0 Å². The zero-order valence-electron chi connectivity index (χ0n) is 11.1. The van der Waals surface area contributed by atoms with Crippen LogP contribution in [0.1, 0.15) is 15.9 Å². The van der Waals surface area contributed by atoms with Crippen LogP contribution >= 0.6 is 0 Å². The molecule has 0 spiro atoms. The lowest BCUT2D eigenvalue weighted by Crippen LogP contribution is -2.17. The van der Waals surface area contributed by atoms with Crippen LogP contribution in [0.5, 0.6) is 0 Å². The van der Waals surface area contributed by atoms with Crippen molar-refractivity contribution in [3.05, 3.63) is 71.3 Å². The Hall–Kier alpha value is -3.19. The van der Waals surface area contributed by atoms with E-state index in [1.165, 1.54) is 0 Å². The monoisotopic (exact) mass is 273 g/mol. The molecule has 100 valence electrons. The summed E-state index contributed by atoms with van der Waals surface area (Å²) >= 11 is 0. The molecule has 1 aliphatic heterocycles. The first-order valence-corrected chi connectivity index (χ1v) is 6.44. The Morgan fingerprint density at radius 2 is 1.76 bits per heavy atom. The summed E-state index contributed by atoms with van der Waals surface area (Å²) < 4.78 is 0. The van der Waals surface area contributed by atoms with Crippen molar-refractivity contribution >= 4 is 23.3 Å². The van der Waals surface area contributed by atoms with Crippen LogP contribution in [0.2, 0.25) is 0 Å². The number of carbonyl (C=O) groups is 1. The summed E-state index contributed by atoms with van der Waals surface area (Å²) in [5.41, 5.74) is 5.33. The Balaban J connectivity index is 2.06. The SMILES string of the molecule is N#CC1=Cc2ccccc2NN=C1C(=O)c1ccccc1. The molecule has 2 aromatic rings. The van der Waals surface area contributed by atoms with Gasteiger partial charge < -0.3 is 0 Å². The largest absolute Gasteiger partial charge is 0.287 e. The van der Waals surface area contributed by atoms with Crippen molar-refractivity contribution in [2.24, 2.45) is 5.10 Å². The van der Waals surface area contributed by atoms with Crippen molar-refractivity contribution in [1.82, 2.24) is 0 Å². The molecule has 0 atom stereocenters. The second-order valence-corrected chi connectivity index (χ2v) is 4.52. The van der Waals surface area contributed by atoms with Crippen LogP contribution in [0.15, 0.2) is 65.3 Å². The quantitative estimate of drug-likeness (QED) is 0.854. The Kier molecular flexibility index (Phi) is 3.32. The van der Waals surface area contributed by atoms with Gasteiger partial charge in [-0.1, -0.05) is 48.5 Å². The van der Waals surface area contributed by atoms with Gasteiger partial charge in [0.05, 0.1) is 11.3 Å². The van der Waals surface area contributed by atoms with E-state index in [0.717, 1.165) is 11.3 Å². The maximum atomic E-state index is 12.5. The van der Waals surface area contributed by atoms with Gasteiger partial charge in [-0.05, 0) is 12.1 Å². The topological polar surface area (TPSA) is 65.2 Å². The molecule has 0 saturated heterocycles. The van der Waals surface area contributed by atoms with E-state index in [1.54, 1.807) is 30.3 Å². The number of carbonyl (C=O) groups excluding carboxylic acids is 1. The van der Waals surface area contributed by atoms with Crippen LogP contribution < -0.4 is 5.43 Å². The molecule has 0 fully saturated rings. The molecule has 0 bridgehead atoms. The minimum Gasteiger partial charge on any atom is -0.287 e. The number of hydrogen-bond acceptors (Lipinski definition) is 4. The molecule has 1 N–H and O–H groups in total. The van der Waals surface area contributed by atoms with Crippen LogP contribution in [-0.2, 0) is 0 Å². The summed E-state index contributed by atoms with van der Waals surface area (Å²) in [4.78, 5) is 12.5. The molecule has 2 aromatic carbocycles. The molecule has 1 aliphatic rings. The fourth-order valence-electron chi connectivity index (χ4n) is 2.11. The molecular formula is C17H11N3O. The molecule has 0 aliphatic carbocycles. The Morgan fingerprint density at radius 1 is 1.05 bits per heavy atom. The second kappa shape index (κ2) is 5.43. The predicted octanol–water partition coefficient (Wildman–Crippen LogP) is 3.26. The van der Waals surface area contributed by atoms with Gasteiger partial charge in [0.25, 0.3) is 0 Å². The van der Waals surface area contributed by atoms with Crippen LogP contribution in [0.25, 0.3) is 6.08 Å². The van der Waals surface area contributed by atoms with E-state index in [2.05, 4.69) is 16.6 Å². The Bertz CT molecular complexity index is 798. The van der Waals surface area contributed by atoms with Gasteiger partial charge in [-0.3, -0.25) is 10.2 Å². The number of hydrogen-bond donors (Lipinski definition) is 1. The van der Waals surface area contributed by atoms with Gasteiger partial charge in [-0.25, -0.2) is 0 Å².